The monoisotopic (exact) mass is 446 g/mol. The van der Waals surface area contributed by atoms with Crippen LogP contribution in [-0.4, -0.2) is 28.0 Å². The molecule has 0 radical (unpaired) electrons. The smallest absolute Gasteiger partial charge is 0.297 e. The molecule has 33 heavy (non-hydrogen) atoms. The van der Waals surface area contributed by atoms with Gasteiger partial charge >= 0.3 is 0 Å². The topological polar surface area (TPSA) is 99.2 Å². The van der Waals surface area contributed by atoms with Crippen LogP contribution in [-0.2, 0) is 11.3 Å². The molecule has 4 aromatic rings. The van der Waals surface area contributed by atoms with Gasteiger partial charge in [0.1, 0.15) is 23.2 Å². The lowest BCUT2D eigenvalue weighted by atomic mass is 10.1. The van der Waals surface area contributed by atoms with Gasteiger partial charge in [-0.15, -0.1) is 0 Å². The predicted molar refractivity (Wildman–Crippen MR) is 125 cm³/mol. The molecule has 1 amide bonds. The van der Waals surface area contributed by atoms with Gasteiger partial charge in [0.2, 0.25) is 5.91 Å². The molecular weight excluding hydrogens is 420 g/mol. The standard InChI is InChI=1S/C25H26N4O4/c1-5-20(24(30)26-14-17-8-6-15(2)7-9-17)29-25(31)23-21(16(3)33-28-23)22(27-29)18-10-12-19(32-4)13-11-18/h6-13,20H,5,14H2,1-4H3,(H,26,30). The van der Waals surface area contributed by atoms with Crippen LogP contribution >= 0.6 is 0 Å². The van der Waals surface area contributed by atoms with Crippen molar-refractivity contribution in [1.82, 2.24) is 20.3 Å². The summed E-state index contributed by atoms with van der Waals surface area (Å²) >= 11 is 0. The van der Waals surface area contributed by atoms with Crippen molar-refractivity contribution < 1.29 is 14.1 Å². The van der Waals surface area contributed by atoms with Crippen LogP contribution in [0.4, 0.5) is 0 Å². The number of methoxy groups -OCH3 is 1. The number of aryl methyl sites for hydroxylation is 2. The van der Waals surface area contributed by atoms with Gasteiger partial charge in [-0.05, 0) is 50.1 Å². The Hall–Kier alpha value is -3.94. The lowest BCUT2D eigenvalue weighted by molar-refractivity contribution is -0.125. The van der Waals surface area contributed by atoms with E-state index in [9.17, 15) is 9.59 Å². The van der Waals surface area contributed by atoms with Crippen molar-refractivity contribution in [3.05, 3.63) is 75.8 Å². The molecule has 0 aliphatic carbocycles. The quantitative estimate of drug-likeness (QED) is 0.462. The predicted octanol–water partition coefficient (Wildman–Crippen LogP) is 3.94. The van der Waals surface area contributed by atoms with Crippen LogP contribution in [0.2, 0.25) is 0 Å². The number of fused-ring (bicyclic) bond motifs is 1. The minimum Gasteiger partial charge on any atom is -0.497 e. The van der Waals surface area contributed by atoms with E-state index in [1.807, 2.05) is 62.4 Å². The van der Waals surface area contributed by atoms with Crippen LogP contribution in [0.5, 0.6) is 5.75 Å². The molecule has 1 atom stereocenters. The minimum absolute atomic E-state index is 0.151. The fourth-order valence-corrected chi connectivity index (χ4v) is 3.75. The number of aromatic nitrogens is 3. The van der Waals surface area contributed by atoms with Crippen molar-refractivity contribution in [2.75, 3.05) is 7.11 Å². The second-order valence-electron chi connectivity index (χ2n) is 7.92. The molecule has 1 unspecified atom stereocenters. The third-order valence-corrected chi connectivity index (χ3v) is 5.65. The molecule has 0 spiro atoms. The van der Waals surface area contributed by atoms with Gasteiger partial charge in [-0.25, -0.2) is 4.68 Å². The van der Waals surface area contributed by atoms with Crippen LogP contribution < -0.4 is 15.6 Å². The molecule has 0 aliphatic heterocycles. The number of nitrogens with one attached hydrogen (secondary N) is 1. The van der Waals surface area contributed by atoms with Crippen LogP contribution in [0, 0.1) is 13.8 Å². The largest absolute Gasteiger partial charge is 0.497 e. The van der Waals surface area contributed by atoms with E-state index in [2.05, 4.69) is 15.6 Å². The maximum atomic E-state index is 13.2. The zero-order valence-electron chi connectivity index (χ0n) is 19.1. The summed E-state index contributed by atoms with van der Waals surface area (Å²) in [6.07, 6.45) is 0.386. The fourth-order valence-electron chi connectivity index (χ4n) is 3.75. The highest BCUT2D eigenvalue weighted by Crippen LogP contribution is 2.29. The normalized spacial score (nSPS) is 12.0. The number of hydrogen-bond donors (Lipinski definition) is 1. The summed E-state index contributed by atoms with van der Waals surface area (Å²) in [7, 11) is 1.59. The highest BCUT2D eigenvalue weighted by Gasteiger charge is 2.26. The zero-order chi connectivity index (χ0) is 23.5. The van der Waals surface area contributed by atoms with E-state index in [0.29, 0.717) is 35.6 Å². The van der Waals surface area contributed by atoms with Gasteiger partial charge in [-0.3, -0.25) is 9.59 Å². The third kappa shape index (κ3) is 4.37. The lowest BCUT2D eigenvalue weighted by Crippen LogP contribution is -2.38. The maximum Gasteiger partial charge on any atom is 0.297 e. The molecule has 0 bridgehead atoms. The summed E-state index contributed by atoms with van der Waals surface area (Å²) < 4.78 is 11.8. The molecule has 8 nitrogen and oxygen atoms in total. The van der Waals surface area contributed by atoms with Gasteiger partial charge in [0.25, 0.3) is 5.56 Å². The zero-order valence-corrected chi connectivity index (χ0v) is 19.1. The van der Waals surface area contributed by atoms with Crippen molar-refractivity contribution in [3.8, 4) is 17.0 Å². The lowest BCUT2D eigenvalue weighted by Gasteiger charge is -2.18. The molecule has 2 aromatic heterocycles. The number of hydrogen-bond acceptors (Lipinski definition) is 6. The Kier molecular flexibility index (Phi) is 6.26. The molecule has 1 N–H and O–H groups in total. The van der Waals surface area contributed by atoms with Crippen LogP contribution in [0.3, 0.4) is 0 Å². The first-order valence-electron chi connectivity index (χ1n) is 10.8. The molecule has 2 heterocycles. The van der Waals surface area contributed by atoms with E-state index in [4.69, 9.17) is 9.26 Å². The van der Waals surface area contributed by atoms with E-state index >= 15 is 0 Å². The number of ether oxygens (including phenoxy) is 1. The molecule has 8 heteroatoms. The third-order valence-electron chi connectivity index (χ3n) is 5.65. The first kappa shape index (κ1) is 22.3. The first-order valence-corrected chi connectivity index (χ1v) is 10.8. The van der Waals surface area contributed by atoms with Gasteiger partial charge in [0.05, 0.1) is 12.5 Å². The number of rotatable bonds is 7. The maximum absolute atomic E-state index is 13.2. The Morgan fingerprint density at radius 2 is 1.82 bits per heavy atom. The van der Waals surface area contributed by atoms with E-state index < -0.39 is 11.6 Å². The number of carbonyl (C=O) groups excluding carboxylic acids is 1. The van der Waals surface area contributed by atoms with E-state index in [1.165, 1.54) is 4.68 Å². The minimum atomic E-state index is -0.790. The van der Waals surface area contributed by atoms with Crippen LogP contribution in [0.1, 0.15) is 36.3 Å². The number of benzene rings is 2. The van der Waals surface area contributed by atoms with Gasteiger partial charge < -0.3 is 14.6 Å². The Labute approximate surface area is 191 Å². The van der Waals surface area contributed by atoms with Crippen molar-refractivity contribution in [3.63, 3.8) is 0 Å². The molecular formula is C25H26N4O4. The molecule has 4 rings (SSSR count). The highest BCUT2D eigenvalue weighted by molar-refractivity contribution is 5.93. The molecule has 0 fully saturated rings. The van der Waals surface area contributed by atoms with Crippen molar-refractivity contribution in [1.29, 1.82) is 0 Å². The summed E-state index contributed by atoms with van der Waals surface area (Å²) in [5.74, 6) is 0.907. The Morgan fingerprint density at radius 3 is 2.45 bits per heavy atom. The van der Waals surface area contributed by atoms with Gasteiger partial charge in [0.15, 0.2) is 5.52 Å². The summed E-state index contributed by atoms with van der Waals surface area (Å²) in [6, 6.07) is 14.4. The highest BCUT2D eigenvalue weighted by atomic mass is 16.5. The van der Waals surface area contributed by atoms with E-state index in [1.54, 1.807) is 14.0 Å². The average molecular weight is 447 g/mol. The second kappa shape index (κ2) is 9.28. The average Bonchev–Trinajstić information content (AvgIpc) is 3.22. The first-order chi connectivity index (χ1) is 15.9. The fraction of sp³-hybridized carbons (Fsp3) is 0.280. The summed E-state index contributed by atoms with van der Waals surface area (Å²) in [5.41, 5.74) is 3.10. The van der Waals surface area contributed by atoms with Crippen molar-refractivity contribution in [2.24, 2.45) is 0 Å². The Balaban J connectivity index is 1.73. The molecule has 0 saturated heterocycles. The van der Waals surface area contributed by atoms with Gasteiger partial charge in [-0.2, -0.15) is 5.10 Å². The van der Waals surface area contributed by atoms with Gasteiger partial charge in [0, 0.05) is 12.1 Å². The number of amides is 1. The second-order valence-corrected chi connectivity index (χ2v) is 7.92. The SMILES string of the molecule is CCC(C(=O)NCc1ccc(C)cc1)n1nc(-c2ccc(OC)cc2)c2c(C)onc2c1=O. The summed E-state index contributed by atoms with van der Waals surface area (Å²) in [5, 5.41) is 12.1. The van der Waals surface area contributed by atoms with Gasteiger partial charge in [-0.1, -0.05) is 41.9 Å². The number of carbonyl (C=O) groups is 1. The van der Waals surface area contributed by atoms with Crippen LogP contribution in [0.15, 0.2) is 57.8 Å². The van der Waals surface area contributed by atoms with E-state index in [0.717, 1.165) is 16.7 Å². The molecule has 0 aliphatic rings. The molecule has 170 valence electrons. The number of nitrogens with zero attached hydrogens (tertiary/aromatic N) is 3. The van der Waals surface area contributed by atoms with Crippen molar-refractivity contribution >= 4 is 16.8 Å². The van der Waals surface area contributed by atoms with Crippen LogP contribution in [0.25, 0.3) is 22.2 Å². The van der Waals surface area contributed by atoms with E-state index in [-0.39, 0.29) is 11.4 Å². The summed E-state index contributed by atoms with van der Waals surface area (Å²) in [6.45, 7) is 5.95. The summed E-state index contributed by atoms with van der Waals surface area (Å²) in [4.78, 5) is 26.3. The van der Waals surface area contributed by atoms with Crippen molar-refractivity contribution in [2.45, 2.75) is 39.8 Å². The molecule has 2 aromatic carbocycles. The molecule has 0 saturated carbocycles. The Bertz CT molecular complexity index is 1340. The Morgan fingerprint density at radius 1 is 1.12 bits per heavy atom.